The number of aryl methyl sites for hydroxylation is 1. The number of amides is 1. The van der Waals surface area contributed by atoms with Crippen LogP contribution in [0.15, 0.2) is 81.9 Å². The second-order valence-corrected chi connectivity index (χ2v) is 9.94. The average molecular weight is 554 g/mol. The number of fused-ring (bicyclic) bond motifs is 1. The van der Waals surface area contributed by atoms with Crippen LogP contribution in [0.25, 0.3) is 10.8 Å². The minimum absolute atomic E-state index is 0.00769. The first-order valence-electron chi connectivity index (χ1n) is 11.6. The van der Waals surface area contributed by atoms with Gasteiger partial charge in [0.1, 0.15) is 22.0 Å². The van der Waals surface area contributed by atoms with E-state index in [1.807, 2.05) is 13.8 Å². The first kappa shape index (κ1) is 27.1. The van der Waals surface area contributed by atoms with Gasteiger partial charge in [0.2, 0.25) is 0 Å². The van der Waals surface area contributed by atoms with Gasteiger partial charge < -0.3 is 15.2 Å². The Morgan fingerprint density at radius 1 is 1.00 bits per heavy atom. The van der Waals surface area contributed by atoms with E-state index in [1.165, 1.54) is 18.2 Å². The Bertz CT molecular complexity index is 1670. The molecule has 0 aromatic heterocycles. The highest BCUT2D eigenvalue weighted by Gasteiger charge is 2.21. The Labute approximate surface area is 224 Å². The number of azo groups is 1. The highest BCUT2D eigenvalue weighted by Crippen LogP contribution is 2.42. The fraction of sp³-hybridized carbons (Fsp3) is 0.148. The standard InChI is InChI=1S/C27H24ClN3O6S/c1-3-16-12-13-22(38(34,35)36)23(28)24(16)30-31-25-20-11-6-5-8-17(20)14-21(26(25)32)27(33)29-18-9-7-10-19(15-18)37-4-2/h5-15,32H,3-4H2,1-2H3,(H,29,33)(H,34,35,36). The lowest BCUT2D eigenvalue weighted by Crippen LogP contribution is -2.12. The van der Waals surface area contributed by atoms with Crippen LogP contribution in [0.5, 0.6) is 11.5 Å². The summed E-state index contributed by atoms with van der Waals surface area (Å²) in [5, 5.41) is 23.0. The summed E-state index contributed by atoms with van der Waals surface area (Å²) in [5.41, 5.74) is 1.01. The summed E-state index contributed by atoms with van der Waals surface area (Å²) < 4.78 is 38.5. The van der Waals surface area contributed by atoms with Crippen LogP contribution in [-0.2, 0) is 16.5 Å². The molecule has 11 heteroatoms. The molecule has 0 aliphatic rings. The number of nitrogens with zero attached hydrogens (tertiary/aromatic N) is 2. The van der Waals surface area contributed by atoms with Crippen molar-refractivity contribution in [2.45, 2.75) is 25.2 Å². The predicted octanol–water partition coefficient (Wildman–Crippen LogP) is 7.07. The molecule has 0 unspecified atom stereocenters. The van der Waals surface area contributed by atoms with Crippen molar-refractivity contribution in [1.29, 1.82) is 0 Å². The van der Waals surface area contributed by atoms with Crippen LogP contribution < -0.4 is 10.1 Å². The molecule has 0 spiro atoms. The van der Waals surface area contributed by atoms with E-state index in [4.69, 9.17) is 16.3 Å². The number of rotatable bonds is 8. The first-order valence-corrected chi connectivity index (χ1v) is 13.4. The third-order valence-electron chi connectivity index (χ3n) is 5.72. The zero-order valence-electron chi connectivity index (χ0n) is 20.5. The molecule has 4 rings (SSSR count). The lowest BCUT2D eigenvalue weighted by atomic mass is 10.0. The van der Waals surface area contributed by atoms with E-state index in [9.17, 15) is 22.9 Å². The van der Waals surface area contributed by atoms with Crippen LogP contribution in [0.3, 0.4) is 0 Å². The number of aromatic hydroxyl groups is 1. The second-order valence-electron chi connectivity index (χ2n) is 8.17. The number of carbonyl (C=O) groups is 1. The summed E-state index contributed by atoms with van der Waals surface area (Å²) in [5.74, 6) is -0.428. The number of nitrogens with one attached hydrogen (secondary N) is 1. The van der Waals surface area contributed by atoms with Gasteiger partial charge in [-0.25, -0.2) is 0 Å². The van der Waals surface area contributed by atoms with Crippen molar-refractivity contribution < 1.29 is 27.6 Å². The molecule has 9 nitrogen and oxygen atoms in total. The average Bonchev–Trinajstić information content (AvgIpc) is 2.88. The molecular formula is C27H24ClN3O6S. The molecule has 196 valence electrons. The maximum absolute atomic E-state index is 13.2. The molecule has 0 saturated carbocycles. The maximum Gasteiger partial charge on any atom is 0.296 e. The summed E-state index contributed by atoms with van der Waals surface area (Å²) in [4.78, 5) is 12.7. The smallest absolute Gasteiger partial charge is 0.296 e. The molecular weight excluding hydrogens is 530 g/mol. The van der Waals surface area contributed by atoms with Crippen LogP contribution in [0.4, 0.5) is 17.1 Å². The number of halogens is 1. The number of anilines is 1. The summed E-state index contributed by atoms with van der Waals surface area (Å²) in [6.45, 7) is 4.13. The van der Waals surface area contributed by atoms with Gasteiger partial charge in [-0.1, -0.05) is 54.9 Å². The van der Waals surface area contributed by atoms with Crippen molar-refractivity contribution in [3.63, 3.8) is 0 Å². The fourth-order valence-electron chi connectivity index (χ4n) is 3.90. The van der Waals surface area contributed by atoms with Crippen LogP contribution >= 0.6 is 11.6 Å². The van der Waals surface area contributed by atoms with E-state index in [2.05, 4.69) is 15.5 Å². The first-order chi connectivity index (χ1) is 18.1. The SMILES string of the molecule is CCOc1cccc(NC(=O)c2cc3ccccc3c(N=Nc3c(CC)ccc(S(=O)(=O)O)c3Cl)c2O)c1. The van der Waals surface area contributed by atoms with E-state index in [0.717, 1.165) is 0 Å². The Kier molecular flexibility index (Phi) is 7.96. The summed E-state index contributed by atoms with van der Waals surface area (Å²) in [6.07, 6.45) is 0.440. The quantitative estimate of drug-likeness (QED) is 0.157. The van der Waals surface area contributed by atoms with Crippen molar-refractivity contribution in [3.8, 4) is 11.5 Å². The Morgan fingerprint density at radius 3 is 2.45 bits per heavy atom. The molecule has 0 heterocycles. The van der Waals surface area contributed by atoms with Gasteiger partial charge in [0.15, 0.2) is 5.75 Å². The van der Waals surface area contributed by atoms with Crippen LogP contribution in [0.1, 0.15) is 29.8 Å². The normalized spacial score (nSPS) is 11.7. The van der Waals surface area contributed by atoms with Crippen molar-refractivity contribution in [3.05, 3.63) is 82.9 Å². The third-order valence-corrected chi connectivity index (χ3v) is 7.11. The molecule has 1 amide bonds. The summed E-state index contributed by atoms with van der Waals surface area (Å²) in [7, 11) is -4.61. The molecule has 0 bridgehead atoms. The number of benzene rings is 4. The van der Waals surface area contributed by atoms with Crippen LogP contribution in [0.2, 0.25) is 5.02 Å². The van der Waals surface area contributed by atoms with E-state index < -0.39 is 26.7 Å². The monoisotopic (exact) mass is 553 g/mol. The highest BCUT2D eigenvalue weighted by atomic mass is 35.5. The van der Waals surface area contributed by atoms with Crippen molar-refractivity contribution >= 4 is 55.5 Å². The predicted molar refractivity (Wildman–Crippen MR) is 146 cm³/mol. The maximum atomic E-state index is 13.2. The summed E-state index contributed by atoms with van der Waals surface area (Å²) >= 11 is 6.28. The van der Waals surface area contributed by atoms with E-state index in [-0.39, 0.29) is 22.0 Å². The Hall–Kier alpha value is -3.99. The van der Waals surface area contributed by atoms with Crippen LogP contribution in [-0.4, -0.2) is 30.6 Å². The van der Waals surface area contributed by atoms with Gasteiger partial charge in [0, 0.05) is 17.1 Å². The van der Waals surface area contributed by atoms with Gasteiger partial charge in [-0.2, -0.15) is 8.42 Å². The number of ether oxygens (including phenoxy) is 1. The van der Waals surface area contributed by atoms with Gasteiger partial charge in [0.25, 0.3) is 16.0 Å². The molecule has 38 heavy (non-hydrogen) atoms. The molecule has 0 atom stereocenters. The number of phenols is 1. The zero-order valence-corrected chi connectivity index (χ0v) is 22.0. The second kappa shape index (κ2) is 11.2. The molecule has 0 aliphatic carbocycles. The van der Waals surface area contributed by atoms with E-state index >= 15 is 0 Å². The topological polar surface area (TPSA) is 138 Å². The number of carbonyl (C=O) groups excluding carboxylic acids is 1. The van der Waals surface area contributed by atoms with Gasteiger partial charge >= 0.3 is 0 Å². The van der Waals surface area contributed by atoms with E-state index in [1.54, 1.807) is 48.5 Å². The molecule has 4 aromatic rings. The van der Waals surface area contributed by atoms with Gasteiger partial charge in [-0.3, -0.25) is 9.35 Å². The number of phenolic OH excluding ortho intramolecular Hbond substituents is 1. The third kappa shape index (κ3) is 5.62. The molecule has 0 aliphatic heterocycles. The molecule has 0 fully saturated rings. The minimum Gasteiger partial charge on any atom is -0.505 e. The van der Waals surface area contributed by atoms with Crippen molar-refractivity contribution in [1.82, 2.24) is 0 Å². The van der Waals surface area contributed by atoms with Crippen molar-refractivity contribution in [2.75, 3.05) is 11.9 Å². The molecule has 4 aromatic carbocycles. The summed E-state index contributed by atoms with van der Waals surface area (Å²) in [6, 6.07) is 18.0. The highest BCUT2D eigenvalue weighted by molar-refractivity contribution is 7.86. The number of hydrogen-bond acceptors (Lipinski definition) is 7. The van der Waals surface area contributed by atoms with E-state index in [0.29, 0.717) is 40.8 Å². The molecule has 0 saturated heterocycles. The van der Waals surface area contributed by atoms with Gasteiger partial charge in [-0.15, -0.1) is 10.2 Å². The molecule has 3 N–H and O–H groups in total. The van der Waals surface area contributed by atoms with Crippen molar-refractivity contribution in [2.24, 2.45) is 10.2 Å². The minimum atomic E-state index is -4.61. The Morgan fingerprint density at radius 2 is 1.74 bits per heavy atom. The zero-order chi connectivity index (χ0) is 27.4. The Balaban J connectivity index is 1.81. The van der Waals surface area contributed by atoms with Gasteiger partial charge in [-0.05, 0) is 48.6 Å². The largest absolute Gasteiger partial charge is 0.505 e. The fourth-order valence-corrected chi connectivity index (χ4v) is 4.98. The van der Waals surface area contributed by atoms with Gasteiger partial charge in [0.05, 0.1) is 17.2 Å². The lowest BCUT2D eigenvalue weighted by molar-refractivity contribution is 0.102. The lowest BCUT2D eigenvalue weighted by Gasteiger charge is -2.12. The molecule has 0 radical (unpaired) electrons. The number of hydrogen-bond donors (Lipinski definition) is 3. The van der Waals surface area contributed by atoms with Crippen LogP contribution in [0, 0.1) is 0 Å².